The second-order valence-electron chi connectivity index (χ2n) is 6.91. The lowest BCUT2D eigenvalue weighted by Gasteiger charge is -2.36. The number of hydrogen-bond donors (Lipinski definition) is 2. The molecule has 1 aliphatic heterocycles. The van der Waals surface area contributed by atoms with Crippen LogP contribution in [0.25, 0.3) is 10.9 Å². The van der Waals surface area contributed by atoms with Crippen LogP contribution in [-0.4, -0.2) is 53.1 Å². The fourth-order valence-corrected chi connectivity index (χ4v) is 3.70. The summed E-state index contributed by atoms with van der Waals surface area (Å²) in [6.07, 6.45) is 0. The molecule has 1 aliphatic rings. The lowest BCUT2D eigenvalue weighted by Crippen LogP contribution is -2.46. The number of halogens is 1. The van der Waals surface area contributed by atoms with E-state index in [9.17, 15) is 9.59 Å². The van der Waals surface area contributed by atoms with E-state index in [1.807, 2.05) is 42.5 Å². The van der Waals surface area contributed by atoms with Crippen LogP contribution in [-0.2, 0) is 16.1 Å². The highest BCUT2D eigenvalue weighted by molar-refractivity contribution is 6.30. The first-order valence-electron chi connectivity index (χ1n) is 9.29. The molecule has 4 rings (SSSR count). The van der Waals surface area contributed by atoms with Gasteiger partial charge >= 0.3 is 11.9 Å². The van der Waals surface area contributed by atoms with Crippen molar-refractivity contribution in [1.82, 2.24) is 9.88 Å². The smallest absolute Gasteiger partial charge is 0.422 e. The van der Waals surface area contributed by atoms with Crippen LogP contribution in [0.15, 0.2) is 48.5 Å². The van der Waals surface area contributed by atoms with Gasteiger partial charge in [0.25, 0.3) is 0 Å². The zero-order valence-corrected chi connectivity index (χ0v) is 16.4. The molecule has 8 heteroatoms. The SMILES string of the molecule is O=C(O)C(=O)Oc1c(CN2CCN(c3ccc(Cl)cc3)CC2)[nH]c2ccccc12. The molecule has 1 fully saturated rings. The van der Waals surface area contributed by atoms with Crippen molar-refractivity contribution >= 4 is 40.1 Å². The molecule has 0 saturated carbocycles. The van der Waals surface area contributed by atoms with E-state index in [4.69, 9.17) is 21.4 Å². The molecule has 0 bridgehead atoms. The molecule has 2 heterocycles. The maximum absolute atomic E-state index is 11.7. The molecule has 1 saturated heterocycles. The monoisotopic (exact) mass is 413 g/mol. The number of anilines is 1. The Balaban J connectivity index is 1.49. The van der Waals surface area contributed by atoms with Crippen molar-refractivity contribution in [2.75, 3.05) is 31.1 Å². The fourth-order valence-electron chi connectivity index (χ4n) is 3.58. The van der Waals surface area contributed by atoms with Crippen LogP contribution in [0, 0.1) is 0 Å². The van der Waals surface area contributed by atoms with Crippen LogP contribution >= 0.6 is 11.6 Å². The van der Waals surface area contributed by atoms with Crippen LogP contribution in [0.4, 0.5) is 5.69 Å². The van der Waals surface area contributed by atoms with E-state index >= 15 is 0 Å². The Hall–Kier alpha value is -3.03. The van der Waals surface area contributed by atoms with Crippen molar-refractivity contribution in [2.24, 2.45) is 0 Å². The number of fused-ring (bicyclic) bond motifs is 1. The number of benzene rings is 2. The van der Waals surface area contributed by atoms with Gasteiger partial charge in [0, 0.05) is 54.3 Å². The van der Waals surface area contributed by atoms with Gasteiger partial charge in [0.1, 0.15) is 0 Å². The molecule has 3 aromatic rings. The lowest BCUT2D eigenvalue weighted by molar-refractivity contribution is -0.158. The Morgan fingerprint density at radius 1 is 1.03 bits per heavy atom. The van der Waals surface area contributed by atoms with Crippen molar-refractivity contribution < 1.29 is 19.4 Å². The number of carbonyl (C=O) groups excluding carboxylic acids is 1. The zero-order valence-electron chi connectivity index (χ0n) is 15.6. The molecule has 0 spiro atoms. The van der Waals surface area contributed by atoms with E-state index in [2.05, 4.69) is 14.8 Å². The number of carbonyl (C=O) groups is 2. The van der Waals surface area contributed by atoms with E-state index in [1.165, 1.54) is 0 Å². The first-order valence-corrected chi connectivity index (χ1v) is 9.66. The van der Waals surface area contributed by atoms with Gasteiger partial charge in [-0.25, -0.2) is 9.59 Å². The number of piperazine rings is 1. The highest BCUT2D eigenvalue weighted by Gasteiger charge is 2.24. The minimum atomic E-state index is -1.61. The number of aromatic amines is 1. The van der Waals surface area contributed by atoms with Gasteiger partial charge in [-0.05, 0) is 36.4 Å². The average Bonchev–Trinajstić information content (AvgIpc) is 3.06. The van der Waals surface area contributed by atoms with Crippen molar-refractivity contribution in [1.29, 1.82) is 0 Å². The fraction of sp³-hybridized carbons (Fsp3) is 0.238. The number of aromatic nitrogens is 1. The van der Waals surface area contributed by atoms with E-state index in [0.717, 1.165) is 42.4 Å². The molecule has 7 nitrogen and oxygen atoms in total. The minimum absolute atomic E-state index is 0.285. The number of aliphatic carboxylic acids is 1. The molecule has 150 valence electrons. The van der Waals surface area contributed by atoms with E-state index in [1.54, 1.807) is 6.07 Å². The zero-order chi connectivity index (χ0) is 20.4. The molecule has 0 unspecified atom stereocenters. The summed E-state index contributed by atoms with van der Waals surface area (Å²) in [5, 5.41) is 10.3. The summed E-state index contributed by atoms with van der Waals surface area (Å²) < 4.78 is 5.18. The van der Waals surface area contributed by atoms with Gasteiger partial charge < -0.3 is 19.7 Å². The van der Waals surface area contributed by atoms with E-state index in [0.29, 0.717) is 17.6 Å². The highest BCUT2D eigenvalue weighted by Crippen LogP contribution is 2.31. The van der Waals surface area contributed by atoms with Crippen LogP contribution < -0.4 is 9.64 Å². The first-order chi connectivity index (χ1) is 14.0. The van der Waals surface area contributed by atoms with Gasteiger partial charge in [-0.2, -0.15) is 0 Å². The van der Waals surface area contributed by atoms with Crippen molar-refractivity contribution in [3.63, 3.8) is 0 Å². The van der Waals surface area contributed by atoms with Gasteiger partial charge in [-0.1, -0.05) is 23.7 Å². The molecular formula is C21H20ClN3O4. The number of rotatable bonds is 4. The maximum atomic E-state index is 11.7. The van der Waals surface area contributed by atoms with Crippen molar-refractivity contribution in [3.05, 3.63) is 59.2 Å². The third-order valence-corrected chi connectivity index (χ3v) is 5.30. The summed E-state index contributed by atoms with van der Waals surface area (Å²) in [6, 6.07) is 15.2. The molecular weight excluding hydrogens is 394 g/mol. The third kappa shape index (κ3) is 4.21. The van der Waals surface area contributed by atoms with Gasteiger partial charge in [0.05, 0.1) is 5.69 Å². The Labute approximate surface area is 172 Å². The Morgan fingerprint density at radius 2 is 1.72 bits per heavy atom. The molecule has 0 atom stereocenters. The maximum Gasteiger partial charge on any atom is 0.422 e. The summed E-state index contributed by atoms with van der Waals surface area (Å²) >= 11 is 5.97. The number of carboxylic acid groups (broad SMARTS) is 1. The molecule has 0 aliphatic carbocycles. The van der Waals surface area contributed by atoms with E-state index in [-0.39, 0.29) is 5.75 Å². The van der Waals surface area contributed by atoms with Crippen LogP contribution in [0.2, 0.25) is 5.02 Å². The second kappa shape index (κ2) is 8.14. The molecule has 0 amide bonds. The number of para-hydroxylation sites is 1. The van der Waals surface area contributed by atoms with Crippen LogP contribution in [0.1, 0.15) is 5.69 Å². The van der Waals surface area contributed by atoms with Gasteiger partial charge in [0.2, 0.25) is 0 Å². The van der Waals surface area contributed by atoms with Crippen molar-refractivity contribution in [2.45, 2.75) is 6.54 Å². The molecule has 1 aromatic heterocycles. The highest BCUT2D eigenvalue weighted by atomic mass is 35.5. The van der Waals surface area contributed by atoms with Gasteiger partial charge in [-0.3, -0.25) is 4.90 Å². The summed E-state index contributed by atoms with van der Waals surface area (Å²) in [5.74, 6) is -2.62. The predicted molar refractivity (Wildman–Crippen MR) is 111 cm³/mol. The second-order valence-corrected chi connectivity index (χ2v) is 7.35. The first kappa shape index (κ1) is 19.3. The lowest BCUT2D eigenvalue weighted by atomic mass is 10.2. The Morgan fingerprint density at radius 3 is 2.41 bits per heavy atom. The minimum Gasteiger partial charge on any atom is -0.473 e. The summed E-state index contributed by atoms with van der Waals surface area (Å²) in [7, 11) is 0. The molecule has 2 aromatic carbocycles. The van der Waals surface area contributed by atoms with E-state index < -0.39 is 11.9 Å². The summed E-state index contributed by atoms with van der Waals surface area (Å²) in [6.45, 7) is 3.89. The number of H-pyrrole nitrogens is 1. The van der Waals surface area contributed by atoms with Crippen LogP contribution in [0.5, 0.6) is 5.75 Å². The third-order valence-electron chi connectivity index (χ3n) is 5.05. The number of nitrogens with zero attached hydrogens (tertiary/aromatic N) is 2. The quantitative estimate of drug-likeness (QED) is 0.505. The van der Waals surface area contributed by atoms with Gasteiger partial charge in [0.15, 0.2) is 5.75 Å². The standard InChI is InChI=1S/C21H20ClN3O4/c22-14-5-7-15(8-6-14)25-11-9-24(10-12-25)13-18-19(29-21(28)20(26)27)16-3-1-2-4-17(16)23-18/h1-8,23H,9-13H2,(H,26,27). The van der Waals surface area contributed by atoms with Gasteiger partial charge in [-0.15, -0.1) is 0 Å². The Bertz CT molecular complexity index is 1040. The number of hydrogen-bond acceptors (Lipinski definition) is 5. The molecule has 0 radical (unpaired) electrons. The van der Waals surface area contributed by atoms with Crippen molar-refractivity contribution in [3.8, 4) is 5.75 Å². The average molecular weight is 414 g/mol. The normalized spacial score (nSPS) is 14.9. The summed E-state index contributed by atoms with van der Waals surface area (Å²) in [4.78, 5) is 30.4. The number of carboxylic acids is 1. The number of ether oxygens (including phenoxy) is 1. The predicted octanol–water partition coefficient (Wildman–Crippen LogP) is 3.13. The number of esters is 1. The summed E-state index contributed by atoms with van der Waals surface area (Å²) in [5.41, 5.74) is 2.63. The van der Waals surface area contributed by atoms with Crippen LogP contribution in [0.3, 0.4) is 0 Å². The Kier molecular flexibility index (Phi) is 5.42. The molecule has 29 heavy (non-hydrogen) atoms. The largest absolute Gasteiger partial charge is 0.473 e. The number of nitrogens with one attached hydrogen (secondary N) is 1. The molecule has 2 N–H and O–H groups in total. The topological polar surface area (TPSA) is 85.9 Å².